The maximum atomic E-state index is 11.6. The Morgan fingerprint density at radius 2 is 2.33 bits per heavy atom. The molecular formula is C11H11NO2S. The topological polar surface area (TPSA) is 42.2 Å². The zero-order chi connectivity index (χ0) is 10.7. The lowest BCUT2D eigenvalue weighted by atomic mass is 10.2. The van der Waals surface area contributed by atoms with Gasteiger partial charge >= 0.3 is 0 Å². The number of carbonyl (C=O) groups excluding carboxylic acids is 1. The number of nitrogens with one attached hydrogen (secondary N) is 1. The molecule has 0 aliphatic carbocycles. The summed E-state index contributed by atoms with van der Waals surface area (Å²) >= 11 is 1.62. The van der Waals surface area contributed by atoms with E-state index in [1.54, 1.807) is 23.5 Å². The molecule has 0 radical (unpaired) electrons. The fourth-order valence-corrected chi connectivity index (χ4v) is 2.02. The van der Waals surface area contributed by atoms with Crippen LogP contribution in [0.5, 0.6) is 0 Å². The summed E-state index contributed by atoms with van der Waals surface area (Å²) in [6.07, 6.45) is 1.49. The van der Waals surface area contributed by atoms with Gasteiger partial charge in [-0.3, -0.25) is 4.79 Å². The first kappa shape index (κ1) is 9.98. The van der Waals surface area contributed by atoms with Crippen molar-refractivity contribution in [2.75, 3.05) is 0 Å². The van der Waals surface area contributed by atoms with Crippen molar-refractivity contribution in [1.29, 1.82) is 0 Å². The van der Waals surface area contributed by atoms with Gasteiger partial charge in [-0.1, -0.05) is 6.07 Å². The van der Waals surface area contributed by atoms with Crippen LogP contribution in [0.3, 0.4) is 0 Å². The van der Waals surface area contributed by atoms with Crippen LogP contribution in [0, 0.1) is 0 Å². The van der Waals surface area contributed by atoms with Crippen molar-refractivity contribution in [3.8, 4) is 0 Å². The molecule has 2 aromatic rings. The second kappa shape index (κ2) is 4.31. The molecule has 2 heterocycles. The Bertz CT molecular complexity index is 419. The highest BCUT2D eigenvalue weighted by Gasteiger charge is 2.13. The Balaban J connectivity index is 2.01. The first-order valence-electron chi connectivity index (χ1n) is 4.65. The smallest absolute Gasteiger partial charge is 0.287 e. The second-order valence-electron chi connectivity index (χ2n) is 3.19. The number of carbonyl (C=O) groups is 1. The van der Waals surface area contributed by atoms with Crippen LogP contribution in [-0.2, 0) is 0 Å². The average Bonchev–Trinajstić information content (AvgIpc) is 2.91. The predicted molar refractivity (Wildman–Crippen MR) is 58.9 cm³/mol. The number of amides is 1. The van der Waals surface area contributed by atoms with Gasteiger partial charge in [0.15, 0.2) is 5.76 Å². The van der Waals surface area contributed by atoms with Crippen LogP contribution in [0.25, 0.3) is 0 Å². The monoisotopic (exact) mass is 221 g/mol. The fraction of sp³-hybridized carbons (Fsp3) is 0.182. The van der Waals surface area contributed by atoms with Crippen LogP contribution >= 0.6 is 11.3 Å². The molecule has 0 saturated carbocycles. The maximum Gasteiger partial charge on any atom is 0.287 e. The third kappa shape index (κ3) is 2.27. The molecule has 0 aliphatic rings. The lowest BCUT2D eigenvalue weighted by Crippen LogP contribution is -2.25. The summed E-state index contributed by atoms with van der Waals surface area (Å²) in [5, 5.41) is 4.85. The van der Waals surface area contributed by atoms with Crippen molar-refractivity contribution >= 4 is 17.2 Å². The molecule has 4 heteroatoms. The van der Waals surface area contributed by atoms with E-state index in [2.05, 4.69) is 5.32 Å². The summed E-state index contributed by atoms with van der Waals surface area (Å²) in [6.45, 7) is 1.95. The van der Waals surface area contributed by atoms with Gasteiger partial charge in [0.05, 0.1) is 12.3 Å². The first-order valence-corrected chi connectivity index (χ1v) is 5.53. The van der Waals surface area contributed by atoms with Crippen LogP contribution in [0.2, 0.25) is 0 Å². The van der Waals surface area contributed by atoms with E-state index in [9.17, 15) is 4.79 Å². The third-order valence-corrected chi connectivity index (χ3v) is 3.12. The van der Waals surface area contributed by atoms with Crippen molar-refractivity contribution in [2.45, 2.75) is 13.0 Å². The quantitative estimate of drug-likeness (QED) is 0.866. The molecule has 2 rings (SSSR count). The molecule has 1 N–H and O–H groups in total. The summed E-state index contributed by atoms with van der Waals surface area (Å²) < 4.78 is 5.00. The number of hydrogen-bond donors (Lipinski definition) is 1. The van der Waals surface area contributed by atoms with Crippen molar-refractivity contribution in [2.24, 2.45) is 0 Å². The molecule has 78 valence electrons. The van der Waals surface area contributed by atoms with Gasteiger partial charge in [-0.15, -0.1) is 11.3 Å². The standard InChI is InChI=1S/C11H11NO2S/c1-8(10-5-3-7-15-10)12-11(13)9-4-2-6-14-9/h2-8H,1H3,(H,12,13)/t8-/m1/s1. The summed E-state index contributed by atoms with van der Waals surface area (Å²) in [5.41, 5.74) is 0. The molecule has 1 atom stereocenters. The molecule has 0 aliphatic heterocycles. The van der Waals surface area contributed by atoms with E-state index in [-0.39, 0.29) is 11.9 Å². The van der Waals surface area contributed by atoms with Crippen LogP contribution in [0.1, 0.15) is 28.4 Å². The molecule has 1 amide bonds. The lowest BCUT2D eigenvalue weighted by Gasteiger charge is -2.10. The summed E-state index contributed by atoms with van der Waals surface area (Å²) in [7, 11) is 0. The maximum absolute atomic E-state index is 11.6. The van der Waals surface area contributed by atoms with E-state index in [4.69, 9.17) is 4.42 Å². The van der Waals surface area contributed by atoms with Crippen LogP contribution in [0.15, 0.2) is 40.3 Å². The Morgan fingerprint density at radius 1 is 1.47 bits per heavy atom. The SMILES string of the molecule is C[C@@H](NC(=O)c1ccco1)c1cccs1. The van der Waals surface area contributed by atoms with E-state index in [1.165, 1.54) is 6.26 Å². The van der Waals surface area contributed by atoms with Gasteiger partial charge in [0, 0.05) is 4.88 Å². The van der Waals surface area contributed by atoms with Gasteiger partial charge in [-0.25, -0.2) is 0 Å². The van der Waals surface area contributed by atoms with E-state index >= 15 is 0 Å². The normalized spacial score (nSPS) is 12.3. The van der Waals surface area contributed by atoms with E-state index in [0.29, 0.717) is 5.76 Å². The fourth-order valence-electron chi connectivity index (χ4n) is 1.28. The summed E-state index contributed by atoms with van der Waals surface area (Å²) in [6, 6.07) is 7.33. The number of thiophene rings is 1. The summed E-state index contributed by atoms with van der Waals surface area (Å²) in [4.78, 5) is 12.7. The van der Waals surface area contributed by atoms with Gasteiger partial charge in [-0.2, -0.15) is 0 Å². The highest BCUT2D eigenvalue weighted by atomic mass is 32.1. The van der Waals surface area contributed by atoms with Crippen LogP contribution in [0.4, 0.5) is 0 Å². The van der Waals surface area contributed by atoms with Gasteiger partial charge in [-0.05, 0) is 30.5 Å². The molecule has 0 spiro atoms. The van der Waals surface area contributed by atoms with Gasteiger partial charge < -0.3 is 9.73 Å². The molecule has 2 aromatic heterocycles. The molecule has 0 bridgehead atoms. The molecule has 3 nitrogen and oxygen atoms in total. The lowest BCUT2D eigenvalue weighted by molar-refractivity contribution is 0.0912. The predicted octanol–water partition coefficient (Wildman–Crippen LogP) is 2.83. The highest BCUT2D eigenvalue weighted by Crippen LogP contribution is 2.18. The second-order valence-corrected chi connectivity index (χ2v) is 4.17. The highest BCUT2D eigenvalue weighted by molar-refractivity contribution is 7.10. The first-order chi connectivity index (χ1) is 7.27. The molecule has 0 unspecified atom stereocenters. The van der Waals surface area contributed by atoms with Gasteiger partial charge in [0.1, 0.15) is 0 Å². The molecule has 0 fully saturated rings. The average molecular weight is 221 g/mol. The Labute approximate surface area is 91.7 Å². The Morgan fingerprint density at radius 3 is 2.93 bits per heavy atom. The van der Waals surface area contributed by atoms with Gasteiger partial charge in [0.2, 0.25) is 0 Å². The van der Waals surface area contributed by atoms with Crippen molar-refractivity contribution in [1.82, 2.24) is 5.32 Å². The minimum absolute atomic E-state index is 0.0163. The van der Waals surface area contributed by atoms with E-state index < -0.39 is 0 Å². The van der Waals surface area contributed by atoms with Crippen LogP contribution in [-0.4, -0.2) is 5.91 Å². The molecule has 0 saturated heterocycles. The third-order valence-electron chi connectivity index (χ3n) is 2.06. The number of hydrogen-bond acceptors (Lipinski definition) is 3. The zero-order valence-electron chi connectivity index (χ0n) is 8.27. The van der Waals surface area contributed by atoms with Crippen molar-refractivity contribution in [3.05, 3.63) is 46.5 Å². The Kier molecular flexibility index (Phi) is 2.87. The number of furan rings is 1. The van der Waals surface area contributed by atoms with Crippen molar-refractivity contribution < 1.29 is 9.21 Å². The largest absolute Gasteiger partial charge is 0.459 e. The van der Waals surface area contributed by atoms with E-state index in [0.717, 1.165) is 4.88 Å². The molecule has 15 heavy (non-hydrogen) atoms. The molecule has 0 aromatic carbocycles. The minimum atomic E-state index is -0.180. The molecular weight excluding hydrogens is 210 g/mol. The van der Waals surface area contributed by atoms with E-state index in [1.807, 2.05) is 24.4 Å². The minimum Gasteiger partial charge on any atom is -0.459 e. The number of rotatable bonds is 3. The zero-order valence-corrected chi connectivity index (χ0v) is 9.08. The van der Waals surface area contributed by atoms with Crippen LogP contribution < -0.4 is 5.32 Å². The Hall–Kier alpha value is -1.55. The van der Waals surface area contributed by atoms with Crippen molar-refractivity contribution in [3.63, 3.8) is 0 Å². The summed E-state index contributed by atoms with van der Waals surface area (Å²) in [5.74, 6) is 0.166. The van der Waals surface area contributed by atoms with Gasteiger partial charge in [0.25, 0.3) is 5.91 Å².